The molecule has 1 aromatic carbocycles. The summed E-state index contributed by atoms with van der Waals surface area (Å²) in [7, 11) is 3.44. The first kappa shape index (κ1) is 16.7. The summed E-state index contributed by atoms with van der Waals surface area (Å²) in [5, 5.41) is 5.41. The van der Waals surface area contributed by atoms with Crippen LogP contribution in [0.1, 0.15) is 42.5 Å². The molecule has 1 fully saturated rings. The maximum Gasteiger partial charge on any atom is 0.252 e. The van der Waals surface area contributed by atoms with Crippen molar-refractivity contribution < 1.29 is 9.53 Å². The third-order valence-corrected chi connectivity index (χ3v) is 5.35. The molecule has 0 bridgehead atoms. The van der Waals surface area contributed by atoms with Gasteiger partial charge >= 0.3 is 0 Å². The molecule has 128 valence electrons. The zero-order chi connectivity index (χ0) is 17.1. The molecular formula is C17H22N4O2S. The highest BCUT2D eigenvalue weighted by Gasteiger charge is 2.15. The molecule has 3 rings (SSSR count). The fourth-order valence-electron chi connectivity index (χ4n) is 2.97. The molecule has 0 atom stereocenters. The Morgan fingerprint density at radius 1 is 1.38 bits per heavy atom. The van der Waals surface area contributed by atoms with Crippen LogP contribution < -0.4 is 15.3 Å². The van der Waals surface area contributed by atoms with Gasteiger partial charge in [-0.3, -0.25) is 9.79 Å². The number of rotatable bonds is 4. The molecule has 1 heterocycles. The van der Waals surface area contributed by atoms with Crippen LogP contribution in [-0.2, 0) is 7.05 Å². The molecule has 2 N–H and O–H groups in total. The van der Waals surface area contributed by atoms with E-state index in [1.54, 1.807) is 23.5 Å². The van der Waals surface area contributed by atoms with Crippen molar-refractivity contribution in [2.45, 2.75) is 38.1 Å². The van der Waals surface area contributed by atoms with E-state index < -0.39 is 5.91 Å². The van der Waals surface area contributed by atoms with Crippen LogP contribution in [0.25, 0.3) is 10.6 Å². The summed E-state index contributed by atoms with van der Waals surface area (Å²) in [4.78, 5) is 17.2. The lowest BCUT2D eigenvalue weighted by molar-refractivity contribution is 0.0997. The largest absolute Gasteiger partial charge is 0.496 e. The van der Waals surface area contributed by atoms with Crippen molar-refractivity contribution in [2.75, 3.05) is 7.11 Å². The van der Waals surface area contributed by atoms with Crippen molar-refractivity contribution in [1.82, 2.24) is 9.78 Å². The molecular weight excluding hydrogens is 324 g/mol. The maximum absolute atomic E-state index is 11.4. The second-order valence-electron chi connectivity index (χ2n) is 6.01. The summed E-state index contributed by atoms with van der Waals surface area (Å²) in [5.74, 6) is -0.0419. The number of aryl methyl sites for hydroxylation is 1. The lowest BCUT2D eigenvalue weighted by atomic mass is 9.96. The first-order chi connectivity index (χ1) is 11.6. The van der Waals surface area contributed by atoms with Crippen LogP contribution >= 0.6 is 11.3 Å². The van der Waals surface area contributed by atoms with Gasteiger partial charge in [0.15, 0.2) is 0 Å². The van der Waals surface area contributed by atoms with E-state index in [0.717, 1.165) is 28.2 Å². The molecule has 0 unspecified atom stereocenters. The van der Waals surface area contributed by atoms with Gasteiger partial charge in [-0.15, -0.1) is 0 Å². The van der Waals surface area contributed by atoms with Gasteiger partial charge in [0.2, 0.25) is 4.80 Å². The quantitative estimate of drug-likeness (QED) is 0.923. The second kappa shape index (κ2) is 7.17. The number of nitrogens with zero attached hydrogens (tertiary/aromatic N) is 3. The number of hydrogen-bond acceptors (Lipinski definition) is 5. The fourth-order valence-corrected chi connectivity index (χ4v) is 3.93. The Morgan fingerprint density at radius 3 is 2.79 bits per heavy atom. The Hall–Kier alpha value is -2.15. The van der Waals surface area contributed by atoms with Crippen LogP contribution in [0.4, 0.5) is 0 Å². The predicted octanol–water partition coefficient (Wildman–Crippen LogP) is 2.49. The first-order valence-electron chi connectivity index (χ1n) is 8.14. The van der Waals surface area contributed by atoms with E-state index in [1.807, 2.05) is 17.8 Å². The number of hydrogen-bond donors (Lipinski definition) is 1. The van der Waals surface area contributed by atoms with Crippen molar-refractivity contribution in [1.29, 1.82) is 0 Å². The maximum atomic E-state index is 11.4. The third-order valence-electron chi connectivity index (χ3n) is 4.29. The lowest BCUT2D eigenvalue weighted by Crippen LogP contribution is -2.18. The SMILES string of the molecule is COc1cc(-c2nn(C)c(=NC3CCCCC3)s2)ccc1C(N)=O. The van der Waals surface area contributed by atoms with Gasteiger partial charge in [0, 0.05) is 12.6 Å². The van der Waals surface area contributed by atoms with E-state index in [2.05, 4.69) is 5.10 Å². The Balaban J connectivity index is 1.94. The minimum Gasteiger partial charge on any atom is -0.496 e. The number of amides is 1. The second-order valence-corrected chi connectivity index (χ2v) is 6.97. The number of methoxy groups -OCH3 is 1. The van der Waals surface area contributed by atoms with Crippen molar-refractivity contribution in [3.05, 3.63) is 28.6 Å². The molecule has 0 saturated heterocycles. The number of benzene rings is 1. The van der Waals surface area contributed by atoms with E-state index in [-0.39, 0.29) is 0 Å². The Morgan fingerprint density at radius 2 is 2.12 bits per heavy atom. The van der Waals surface area contributed by atoms with Crippen molar-refractivity contribution in [2.24, 2.45) is 17.8 Å². The smallest absolute Gasteiger partial charge is 0.252 e. The zero-order valence-corrected chi connectivity index (χ0v) is 14.8. The molecule has 1 aliphatic rings. The van der Waals surface area contributed by atoms with Crippen LogP contribution in [0.15, 0.2) is 23.2 Å². The highest BCUT2D eigenvalue weighted by Crippen LogP contribution is 2.27. The standard InChI is InChI=1S/C17H22N4O2S/c1-21-17(19-12-6-4-3-5-7-12)24-16(20-21)11-8-9-13(15(18)22)14(10-11)23-2/h8-10,12H,3-7H2,1-2H3,(H2,18,22). The average molecular weight is 346 g/mol. The van der Waals surface area contributed by atoms with Crippen LogP contribution in [0.3, 0.4) is 0 Å². The molecule has 1 saturated carbocycles. The van der Waals surface area contributed by atoms with Gasteiger partial charge < -0.3 is 10.5 Å². The van der Waals surface area contributed by atoms with Crippen molar-refractivity contribution >= 4 is 17.2 Å². The topological polar surface area (TPSA) is 82.5 Å². The van der Waals surface area contributed by atoms with Gasteiger partial charge in [-0.1, -0.05) is 36.7 Å². The number of ether oxygens (including phenoxy) is 1. The molecule has 0 radical (unpaired) electrons. The van der Waals surface area contributed by atoms with E-state index >= 15 is 0 Å². The van der Waals surface area contributed by atoms with Crippen molar-refractivity contribution in [3.63, 3.8) is 0 Å². The molecule has 24 heavy (non-hydrogen) atoms. The van der Waals surface area contributed by atoms with Crippen LogP contribution in [0.2, 0.25) is 0 Å². The highest BCUT2D eigenvalue weighted by atomic mass is 32.1. The molecule has 1 amide bonds. The van der Waals surface area contributed by atoms with Crippen LogP contribution in [0.5, 0.6) is 5.75 Å². The lowest BCUT2D eigenvalue weighted by Gasteiger charge is -2.16. The normalized spacial score (nSPS) is 16.3. The summed E-state index contributed by atoms with van der Waals surface area (Å²) in [6, 6.07) is 5.72. The van der Waals surface area contributed by atoms with Gasteiger partial charge in [0.1, 0.15) is 10.8 Å². The van der Waals surface area contributed by atoms with E-state index in [0.29, 0.717) is 17.4 Å². The summed E-state index contributed by atoms with van der Waals surface area (Å²) in [6.07, 6.45) is 6.16. The van der Waals surface area contributed by atoms with Crippen LogP contribution in [0, 0.1) is 0 Å². The highest BCUT2D eigenvalue weighted by molar-refractivity contribution is 7.12. The molecule has 6 nitrogen and oxygen atoms in total. The molecule has 0 spiro atoms. The molecule has 0 aliphatic heterocycles. The molecule has 1 aromatic heterocycles. The average Bonchev–Trinajstić information content (AvgIpc) is 2.96. The van der Waals surface area contributed by atoms with Gasteiger partial charge in [-0.2, -0.15) is 5.10 Å². The summed E-state index contributed by atoms with van der Waals surface area (Å²) in [5.41, 5.74) is 6.62. The van der Waals surface area contributed by atoms with Gasteiger partial charge in [0.05, 0.1) is 18.7 Å². The summed E-state index contributed by atoms with van der Waals surface area (Å²) >= 11 is 1.55. The molecule has 7 heteroatoms. The predicted molar refractivity (Wildman–Crippen MR) is 94.0 cm³/mol. The number of carbonyl (C=O) groups excluding carboxylic acids is 1. The minimum atomic E-state index is -0.504. The number of carbonyl (C=O) groups is 1. The Kier molecular flexibility index (Phi) is 4.99. The zero-order valence-electron chi connectivity index (χ0n) is 14.0. The van der Waals surface area contributed by atoms with E-state index in [9.17, 15) is 4.79 Å². The van der Waals surface area contributed by atoms with Gasteiger partial charge in [-0.25, -0.2) is 4.68 Å². The molecule has 2 aromatic rings. The number of nitrogens with two attached hydrogens (primary N) is 1. The monoisotopic (exact) mass is 346 g/mol. The van der Waals surface area contributed by atoms with E-state index in [4.69, 9.17) is 15.5 Å². The van der Waals surface area contributed by atoms with E-state index in [1.165, 1.54) is 26.4 Å². The summed E-state index contributed by atoms with van der Waals surface area (Å²) < 4.78 is 7.10. The first-order valence-corrected chi connectivity index (χ1v) is 8.96. The minimum absolute atomic E-state index is 0.370. The fraction of sp³-hybridized carbons (Fsp3) is 0.471. The van der Waals surface area contributed by atoms with Gasteiger partial charge in [0.25, 0.3) is 5.91 Å². The van der Waals surface area contributed by atoms with Gasteiger partial charge in [-0.05, 0) is 25.0 Å². The van der Waals surface area contributed by atoms with Crippen LogP contribution in [-0.4, -0.2) is 28.8 Å². The van der Waals surface area contributed by atoms with Crippen molar-refractivity contribution in [3.8, 4) is 16.3 Å². The Bertz CT molecular complexity index is 803. The molecule has 1 aliphatic carbocycles. The number of primary amides is 1. The number of aromatic nitrogens is 2. The Labute approximate surface area is 145 Å². The summed E-state index contributed by atoms with van der Waals surface area (Å²) in [6.45, 7) is 0. The third kappa shape index (κ3) is 3.51.